The van der Waals surface area contributed by atoms with E-state index in [4.69, 9.17) is 4.43 Å². The lowest BCUT2D eigenvalue weighted by atomic mass is 10.3. The van der Waals surface area contributed by atoms with E-state index in [2.05, 4.69) is 43.4 Å². The minimum absolute atomic E-state index is 0.976. The summed E-state index contributed by atoms with van der Waals surface area (Å²) >= 11 is 0. The number of pyridine rings is 1. The van der Waals surface area contributed by atoms with Gasteiger partial charge in [-0.05, 0) is 25.2 Å². The topological polar surface area (TPSA) is 22.1 Å². The fraction of sp³-hybridized carbons (Fsp3) is 0.417. The smallest absolute Gasteiger partial charge is 0.278 e. The third kappa shape index (κ3) is 2.13. The van der Waals surface area contributed by atoms with Crippen LogP contribution < -0.4 is 4.43 Å². The molecule has 1 aliphatic rings. The molecule has 2 rings (SSSR count). The Balaban J connectivity index is 2.56. The number of hydrogen-bond donors (Lipinski definition) is 0. The van der Waals surface area contributed by atoms with Gasteiger partial charge in [0.25, 0.3) is 8.32 Å². The molecule has 2 heterocycles. The summed E-state index contributed by atoms with van der Waals surface area (Å²) in [4.78, 5) is 4.48. The molecule has 2 nitrogen and oxygen atoms in total. The molecule has 4 heteroatoms. The van der Waals surface area contributed by atoms with Crippen molar-refractivity contribution in [1.82, 2.24) is 4.98 Å². The summed E-state index contributed by atoms with van der Waals surface area (Å²) in [5.74, 6) is 0.976. The standard InChI is InChI=1S/C12H19NOSi2/c1-15(2,3)9-11-12-10(7-6-8-13-12)14-16(11,4)5/h6-9H,1-5H3/b11-9-. The molecular formula is C12H19NOSi2. The van der Waals surface area contributed by atoms with E-state index in [9.17, 15) is 0 Å². The highest BCUT2D eigenvalue weighted by Crippen LogP contribution is 2.40. The second kappa shape index (κ2) is 3.56. The Labute approximate surface area is 99.5 Å². The Bertz CT molecular complexity index is 447. The molecule has 0 radical (unpaired) electrons. The van der Waals surface area contributed by atoms with Crippen molar-refractivity contribution in [1.29, 1.82) is 0 Å². The first-order valence-corrected chi connectivity index (χ1v) is 12.2. The Hall–Kier alpha value is -0.876. The Kier molecular flexibility index (Phi) is 2.59. The van der Waals surface area contributed by atoms with Crippen molar-refractivity contribution >= 4 is 21.6 Å². The van der Waals surface area contributed by atoms with Gasteiger partial charge in [0.2, 0.25) is 0 Å². The van der Waals surface area contributed by atoms with E-state index in [-0.39, 0.29) is 0 Å². The van der Waals surface area contributed by atoms with Gasteiger partial charge in [-0.2, -0.15) is 0 Å². The first kappa shape index (κ1) is 11.6. The monoisotopic (exact) mass is 249 g/mol. The Morgan fingerprint density at radius 2 is 2.00 bits per heavy atom. The molecular weight excluding hydrogens is 230 g/mol. The Morgan fingerprint density at radius 3 is 2.62 bits per heavy atom. The highest BCUT2D eigenvalue weighted by molar-refractivity contribution is 6.95. The normalized spacial score (nSPS) is 20.7. The summed E-state index contributed by atoms with van der Waals surface area (Å²) < 4.78 is 6.08. The van der Waals surface area contributed by atoms with E-state index in [1.54, 1.807) is 0 Å². The number of fused-ring (bicyclic) bond motifs is 1. The van der Waals surface area contributed by atoms with Crippen LogP contribution in [0, 0.1) is 0 Å². The largest absolute Gasteiger partial charge is 0.538 e. The molecule has 0 fully saturated rings. The minimum Gasteiger partial charge on any atom is -0.538 e. The van der Waals surface area contributed by atoms with Gasteiger partial charge in [-0.1, -0.05) is 25.3 Å². The van der Waals surface area contributed by atoms with Gasteiger partial charge in [-0.15, -0.1) is 0 Å². The van der Waals surface area contributed by atoms with Crippen LogP contribution in [0.2, 0.25) is 32.7 Å². The lowest BCUT2D eigenvalue weighted by Gasteiger charge is -2.19. The summed E-state index contributed by atoms with van der Waals surface area (Å²) in [6.07, 6.45) is 1.86. The molecule has 0 N–H and O–H groups in total. The van der Waals surface area contributed by atoms with Gasteiger partial charge in [0.15, 0.2) is 0 Å². The number of aromatic nitrogens is 1. The van der Waals surface area contributed by atoms with E-state index < -0.39 is 16.4 Å². The zero-order valence-electron chi connectivity index (χ0n) is 10.7. The van der Waals surface area contributed by atoms with E-state index in [1.165, 1.54) is 5.20 Å². The second-order valence-corrected chi connectivity index (χ2v) is 14.7. The van der Waals surface area contributed by atoms with Gasteiger partial charge in [-0.25, -0.2) is 0 Å². The molecule has 0 bridgehead atoms. The van der Waals surface area contributed by atoms with Crippen molar-refractivity contribution in [2.75, 3.05) is 0 Å². The average Bonchev–Trinajstić information content (AvgIpc) is 2.36. The van der Waals surface area contributed by atoms with Gasteiger partial charge in [0.1, 0.15) is 11.4 Å². The highest BCUT2D eigenvalue weighted by Gasteiger charge is 2.40. The molecule has 0 spiro atoms. The molecule has 0 aliphatic carbocycles. The highest BCUT2D eigenvalue weighted by atomic mass is 28.4. The van der Waals surface area contributed by atoms with E-state index in [1.807, 2.05) is 18.3 Å². The van der Waals surface area contributed by atoms with Crippen LogP contribution in [0.4, 0.5) is 0 Å². The number of nitrogens with zero attached hydrogens (tertiary/aromatic N) is 1. The SMILES string of the molecule is C[Si](C)(C)/C=C1/c2ncccc2O[Si]1(C)C. The average molecular weight is 249 g/mol. The summed E-state index contributed by atoms with van der Waals surface area (Å²) in [6.45, 7) is 11.6. The van der Waals surface area contributed by atoms with Gasteiger partial charge < -0.3 is 4.43 Å². The van der Waals surface area contributed by atoms with E-state index >= 15 is 0 Å². The van der Waals surface area contributed by atoms with Crippen LogP contribution in [-0.2, 0) is 0 Å². The van der Waals surface area contributed by atoms with Crippen molar-refractivity contribution < 1.29 is 4.43 Å². The van der Waals surface area contributed by atoms with E-state index in [0.717, 1.165) is 11.4 Å². The van der Waals surface area contributed by atoms with Gasteiger partial charge >= 0.3 is 0 Å². The zero-order valence-corrected chi connectivity index (χ0v) is 12.7. The summed E-state index contributed by atoms with van der Waals surface area (Å²) in [5, 5.41) is 1.39. The quantitative estimate of drug-likeness (QED) is 0.711. The lowest BCUT2D eigenvalue weighted by molar-refractivity contribution is 0.576. The van der Waals surface area contributed by atoms with Crippen LogP contribution >= 0.6 is 0 Å². The molecule has 0 atom stereocenters. The molecule has 0 saturated heterocycles. The van der Waals surface area contributed by atoms with Crippen LogP contribution in [0.25, 0.3) is 5.20 Å². The molecule has 0 saturated carbocycles. The van der Waals surface area contributed by atoms with Crippen molar-refractivity contribution in [3.05, 3.63) is 29.7 Å². The minimum atomic E-state index is -1.75. The summed E-state index contributed by atoms with van der Waals surface area (Å²) in [6, 6.07) is 3.98. The van der Waals surface area contributed by atoms with Crippen molar-refractivity contribution in [2.45, 2.75) is 32.7 Å². The molecule has 86 valence electrons. The third-order valence-electron chi connectivity index (χ3n) is 2.62. The van der Waals surface area contributed by atoms with Crippen molar-refractivity contribution in [3.63, 3.8) is 0 Å². The molecule has 0 unspecified atom stereocenters. The van der Waals surface area contributed by atoms with Gasteiger partial charge in [0, 0.05) is 11.4 Å². The van der Waals surface area contributed by atoms with Crippen LogP contribution in [0.15, 0.2) is 24.0 Å². The van der Waals surface area contributed by atoms with Crippen molar-refractivity contribution in [2.24, 2.45) is 0 Å². The molecule has 0 amide bonds. The number of rotatable bonds is 1. The maximum Gasteiger partial charge on any atom is 0.278 e. The fourth-order valence-electron chi connectivity index (χ4n) is 1.97. The number of hydrogen-bond acceptors (Lipinski definition) is 2. The third-order valence-corrected chi connectivity index (χ3v) is 6.47. The lowest BCUT2D eigenvalue weighted by Crippen LogP contribution is -2.33. The zero-order chi connectivity index (χ0) is 12.0. The molecule has 16 heavy (non-hydrogen) atoms. The first-order valence-electron chi connectivity index (χ1n) is 5.67. The van der Waals surface area contributed by atoms with Crippen LogP contribution in [0.1, 0.15) is 5.69 Å². The summed E-state index contributed by atoms with van der Waals surface area (Å²) in [5.41, 5.74) is 3.54. The molecule has 1 aromatic heterocycles. The maximum atomic E-state index is 6.08. The molecule has 0 aromatic carbocycles. The maximum absolute atomic E-state index is 6.08. The second-order valence-electron chi connectivity index (χ2n) is 5.89. The van der Waals surface area contributed by atoms with Crippen LogP contribution in [-0.4, -0.2) is 21.4 Å². The fourth-order valence-corrected chi connectivity index (χ4v) is 7.24. The van der Waals surface area contributed by atoms with E-state index in [0.29, 0.717) is 0 Å². The first-order chi connectivity index (χ1) is 7.30. The molecule has 1 aliphatic heterocycles. The predicted octanol–water partition coefficient (Wildman–Crippen LogP) is 3.48. The van der Waals surface area contributed by atoms with Crippen LogP contribution in [0.5, 0.6) is 5.75 Å². The Morgan fingerprint density at radius 1 is 1.31 bits per heavy atom. The van der Waals surface area contributed by atoms with Crippen LogP contribution in [0.3, 0.4) is 0 Å². The molecule has 1 aromatic rings. The summed E-state index contributed by atoms with van der Waals surface area (Å²) in [7, 11) is -2.98. The van der Waals surface area contributed by atoms with Gasteiger partial charge in [-0.3, -0.25) is 4.98 Å². The predicted molar refractivity (Wildman–Crippen MR) is 73.7 cm³/mol. The van der Waals surface area contributed by atoms with Gasteiger partial charge in [0.05, 0.1) is 8.07 Å². The van der Waals surface area contributed by atoms with Crippen molar-refractivity contribution in [3.8, 4) is 5.75 Å².